The molecule has 0 aliphatic heterocycles. The number of hydrogen-bond donors (Lipinski definition) is 1. The summed E-state index contributed by atoms with van der Waals surface area (Å²) in [4.78, 5) is 18.6. The summed E-state index contributed by atoms with van der Waals surface area (Å²) in [7, 11) is 0. The molecule has 0 radical (unpaired) electrons. The monoisotopic (exact) mass is 481 g/mol. The van der Waals surface area contributed by atoms with E-state index in [0.717, 1.165) is 17.7 Å². The van der Waals surface area contributed by atoms with Crippen LogP contribution in [0.2, 0.25) is 5.02 Å². The van der Waals surface area contributed by atoms with Gasteiger partial charge in [-0.3, -0.25) is 9.69 Å². The Morgan fingerprint density at radius 2 is 1.75 bits per heavy atom. The van der Waals surface area contributed by atoms with Gasteiger partial charge in [0.15, 0.2) is 0 Å². The lowest BCUT2D eigenvalue weighted by atomic mass is 10.1. The standard InChI is InChI=1S/C23H23ClF3N3OS/c1-15(2)28-22(31)20-14-32-21(29-20)13-30(12-17-6-4-8-19(24)10-17)11-16-5-3-7-18(9-16)23(25,26)27/h3-10,14-15H,11-13H2,1-2H3,(H,28,31). The molecule has 0 fully saturated rings. The number of alkyl halides is 3. The van der Waals surface area contributed by atoms with Crippen LogP contribution in [0.5, 0.6) is 0 Å². The Bertz CT molecular complexity index is 1070. The van der Waals surface area contributed by atoms with Crippen LogP contribution < -0.4 is 5.32 Å². The van der Waals surface area contributed by atoms with Gasteiger partial charge in [0, 0.05) is 29.5 Å². The van der Waals surface area contributed by atoms with E-state index in [1.54, 1.807) is 17.5 Å². The number of hydrogen-bond acceptors (Lipinski definition) is 4. The highest BCUT2D eigenvalue weighted by atomic mass is 35.5. The predicted octanol–water partition coefficient (Wildman–Crippen LogP) is 6.16. The number of aromatic nitrogens is 1. The minimum absolute atomic E-state index is 0.00659. The first kappa shape index (κ1) is 24.2. The van der Waals surface area contributed by atoms with Crippen molar-refractivity contribution in [3.8, 4) is 0 Å². The molecule has 1 aromatic heterocycles. The normalized spacial score (nSPS) is 11.9. The third kappa shape index (κ3) is 7.05. The SMILES string of the molecule is CC(C)NC(=O)c1csc(CN(Cc2cccc(Cl)c2)Cc2cccc(C(F)(F)F)c2)n1. The second kappa shape index (κ2) is 10.5. The van der Waals surface area contributed by atoms with Crippen LogP contribution in [0.1, 0.15) is 46.0 Å². The van der Waals surface area contributed by atoms with Crippen molar-refractivity contribution in [1.29, 1.82) is 0 Å². The van der Waals surface area contributed by atoms with Crippen molar-refractivity contribution in [2.24, 2.45) is 0 Å². The van der Waals surface area contributed by atoms with Gasteiger partial charge in [-0.1, -0.05) is 41.9 Å². The molecule has 1 amide bonds. The minimum atomic E-state index is -4.40. The molecule has 3 aromatic rings. The molecular weight excluding hydrogens is 459 g/mol. The third-order valence-electron chi connectivity index (χ3n) is 4.52. The largest absolute Gasteiger partial charge is 0.416 e. The molecule has 0 saturated heterocycles. The lowest BCUT2D eigenvalue weighted by molar-refractivity contribution is -0.137. The fourth-order valence-corrected chi connectivity index (χ4v) is 4.21. The summed E-state index contributed by atoms with van der Waals surface area (Å²) in [5, 5.41) is 5.78. The van der Waals surface area contributed by atoms with Gasteiger partial charge in [0.1, 0.15) is 10.7 Å². The van der Waals surface area contributed by atoms with Crippen molar-refractivity contribution in [3.63, 3.8) is 0 Å². The quantitative estimate of drug-likeness (QED) is 0.419. The number of halogens is 4. The van der Waals surface area contributed by atoms with Gasteiger partial charge in [-0.25, -0.2) is 4.98 Å². The van der Waals surface area contributed by atoms with Crippen LogP contribution in [0, 0.1) is 0 Å². The third-order valence-corrected chi connectivity index (χ3v) is 5.59. The van der Waals surface area contributed by atoms with Crippen LogP contribution in [0.15, 0.2) is 53.9 Å². The molecular formula is C23H23ClF3N3OS. The average molecular weight is 482 g/mol. The second-order valence-electron chi connectivity index (χ2n) is 7.73. The zero-order valence-corrected chi connectivity index (χ0v) is 19.2. The van der Waals surface area contributed by atoms with E-state index in [2.05, 4.69) is 10.3 Å². The van der Waals surface area contributed by atoms with Crippen molar-refractivity contribution in [2.45, 2.75) is 45.7 Å². The first-order chi connectivity index (χ1) is 15.1. The number of carbonyl (C=O) groups is 1. The molecule has 0 unspecified atom stereocenters. The summed E-state index contributed by atoms with van der Waals surface area (Å²) in [5.74, 6) is -0.248. The number of amides is 1. The molecule has 0 bridgehead atoms. The Labute approximate surface area is 194 Å². The molecule has 1 N–H and O–H groups in total. The summed E-state index contributed by atoms with van der Waals surface area (Å²) >= 11 is 7.45. The molecule has 1 heterocycles. The Balaban J connectivity index is 1.82. The van der Waals surface area contributed by atoms with E-state index in [0.29, 0.717) is 34.4 Å². The zero-order chi connectivity index (χ0) is 23.3. The van der Waals surface area contributed by atoms with Crippen LogP contribution in [0.4, 0.5) is 13.2 Å². The summed E-state index contributed by atoms with van der Waals surface area (Å²) < 4.78 is 39.4. The minimum Gasteiger partial charge on any atom is -0.349 e. The van der Waals surface area contributed by atoms with Crippen molar-refractivity contribution in [1.82, 2.24) is 15.2 Å². The van der Waals surface area contributed by atoms with E-state index in [1.807, 2.05) is 36.9 Å². The van der Waals surface area contributed by atoms with Crippen molar-refractivity contribution >= 4 is 28.8 Å². The van der Waals surface area contributed by atoms with Crippen LogP contribution in [-0.2, 0) is 25.8 Å². The smallest absolute Gasteiger partial charge is 0.349 e. The molecule has 9 heteroatoms. The average Bonchev–Trinajstić information content (AvgIpc) is 3.16. The highest BCUT2D eigenvalue weighted by Crippen LogP contribution is 2.30. The summed E-state index contributed by atoms with van der Waals surface area (Å²) in [6.45, 7) is 4.86. The Morgan fingerprint density at radius 1 is 1.09 bits per heavy atom. The maximum absolute atomic E-state index is 13.1. The second-order valence-corrected chi connectivity index (χ2v) is 9.11. The maximum atomic E-state index is 13.1. The first-order valence-corrected chi connectivity index (χ1v) is 11.2. The first-order valence-electron chi connectivity index (χ1n) is 9.98. The Kier molecular flexibility index (Phi) is 7.92. The van der Waals surface area contributed by atoms with Crippen molar-refractivity contribution in [2.75, 3.05) is 0 Å². The van der Waals surface area contributed by atoms with E-state index < -0.39 is 11.7 Å². The molecule has 2 aromatic carbocycles. The Morgan fingerprint density at radius 3 is 2.38 bits per heavy atom. The van der Waals surface area contributed by atoms with Gasteiger partial charge < -0.3 is 5.32 Å². The van der Waals surface area contributed by atoms with Gasteiger partial charge >= 0.3 is 6.18 Å². The lowest BCUT2D eigenvalue weighted by Crippen LogP contribution is -2.30. The summed E-state index contributed by atoms with van der Waals surface area (Å²) in [6.07, 6.45) is -4.40. The molecule has 32 heavy (non-hydrogen) atoms. The highest BCUT2D eigenvalue weighted by molar-refractivity contribution is 7.09. The highest BCUT2D eigenvalue weighted by Gasteiger charge is 2.30. The number of nitrogens with one attached hydrogen (secondary N) is 1. The van der Waals surface area contributed by atoms with Gasteiger partial charge in [0.05, 0.1) is 12.1 Å². The molecule has 3 rings (SSSR count). The zero-order valence-electron chi connectivity index (χ0n) is 17.6. The van der Waals surface area contributed by atoms with Gasteiger partial charge in [0.25, 0.3) is 5.91 Å². The van der Waals surface area contributed by atoms with Gasteiger partial charge in [0.2, 0.25) is 0 Å². The fraction of sp³-hybridized carbons (Fsp3) is 0.304. The molecule has 0 aliphatic carbocycles. The summed E-state index contributed by atoms with van der Waals surface area (Å²) in [5.41, 5.74) is 1.12. The van der Waals surface area contributed by atoms with E-state index in [-0.39, 0.29) is 18.5 Å². The predicted molar refractivity (Wildman–Crippen MR) is 121 cm³/mol. The van der Waals surface area contributed by atoms with Crippen LogP contribution in [-0.4, -0.2) is 21.8 Å². The fourth-order valence-electron chi connectivity index (χ4n) is 3.18. The van der Waals surface area contributed by atoms with E-state index in [4.69, 9.17) is 11.6 Å². The van der Waals surface area contributed by atoms with E-state index in [9.17, 15) is 18.0 Å². The number of benzene rings is 2. The van der Waals surface area contributed by atoms with Crippen molar-refractivity contribution < 1.29 is 18.0 Å². The number of carbonyl (C=O) groups excluding carboxylic acids is 1. The molecule has 0 aliphatic rings. The number of nitrogens with zero attached hydrogens (tertiary/aromatic N) is 2. The molecule has 0 atom stereocenters. The van der Waals surface area contributed by atoms with Crippen LogP contribution in [0.25, 0.3) is 0 Å². The van der Waals surface area contributed by atoms with Gasteiger partial charge in [-0.05, 0) is 43.2 Å². The van der Waals surface area contributed by atoms with E-state index >= 15 is 0 Å². The Hall–Kier alpha value is -2.42. The molecule has 0 saturated carbocycles. The topological polar surface area (TPSA) is 45.2 Å². The van der Waals surface area contributed by atoms with Crippen LogP contribution >= 0.6 is 22.9 Å². The van der Waals surface area contributed by atoms with Gasteiger partial charge in [-0.15, -0.1) is 11.3 Å². The molecule has 170 valence electrons. The maximum Gasteiger partial charge on any atom is 0.416 e. The summed E-state index contributed by atoms with van der Waals surface area (Å²) in [6, 6.07) is 12.6. The lowest BCUT2D eigenvalue weighted by Gasteiger charge is -2.22. The van der Waals surface area contributed by atoms with Crippen LogP contribution in [0.3, 0.4) is 0 Å². The number of rotatable bonds is 8. The van der Waals surface area contributed by atoms with Crippen molar-refractivity contribution in [3.05, 3.63) is 86.3 Å². The van der Waals surface area contributed by atoms with E-state index in [1.165, 1.54) is 17.4 Å². The molecule has 0 spiro atoms. The van der Waals surface area contributed by atoms with Gasteiger partial charge in [-0.2, -0.15) is 13.2 Å². The molecule has 4 nitrogen and oxygen atoms in total. The number of thiazole rings is 1.